The molecule has 0 aliphatic heterocycles. The minimum atomic E-state index is -1.52. The van der Waals surface area contributed by atoms with Gasteiger partial charge in [0.05, 0.1) is 28.4 Å². The van der Waals surface area contributed by atoms with Crippen LogP contribution >= 0.6 is 23.4 Å². The molecule has 0 fully saturated rings. The summed E-state index contributed by atoms with van der Waals surface area (Å²) in [6.07, 6.45) is 0. The molecule has 1 atom stereocenters. The number of anilines is 1. The number of carbonyl (C=O) groups excluding carboxylic acids is 2. The third kappa shape index (κ3) is 5.56. The topological polar surface area (TPSA) is 99.0 Å². The molecule has 1 amide bonds. The number of amides is 1. The molecule has 2 aromatic rings. The molecular weight excluding hydrogens is 449 g/mol. The molecule has 11 heteroatoms. The summed E-state index contributed by atoms with van der Waals surface area (Å²) >= 11 is 12.5. The van der Waals surface area contributed by atoms with E-state index in [0.29, 0.717) is 17.2 Å². The molecule has 0 N–H and O–H groups in total. The van der Waals surface area contributed by atoms with E-state index in [4.69, 9.17) is 42.3 Å². The number of hydrogen-bond acceptors (Lipinski definition) is 8. The Kier molecular flexibility index (Phi) is 8.47. The number of ketones is 1. The van der Waals surface area contributed by atoms with Gasteiger partial charge in [0.1, 0.15) is 39.4 Å². The monoisotopic (exact) mass is 469 g/mol. The van der Waals surface area contributed by atoms with Gasteiger partial charge >= 0.3 is 0 Å². The van der Waals surface area contributed by atoms with Gasteiger partial charge in [-0.15, -0.1) is 0 Å². The van der Waals surface area contributed by atoms with Crippen LogP contribution in [0, 0.1) is 0 Å². The van der Waals surface area contributed by atoms with E-state index in [9.17, 15) is 9.59 Å². The Hall–Kier alpha value is -3.04. The van der Waals surface area contributed by atoms with Gasteiger partial charge in [-0.1, -0.05) is 11.6 Å². The first kappa shape index (κ1) is 24.2. The van der Waals surface area contributed by atoms with Crippen molar-refractivity contribution in [3.05, 3.63) is 35.4 Å². The quantitative estimate of drug-likeness (QED) is 0.302. The summed E-state index contributed by atoms with van der Waals surface area (Å²) in [7, 11) is 5.78. The van der Waals surface area contributed by atoms with Crippen LogP contribution in [0.1, 0.15) is 6.92 Å². The highest BCUT2D eigenvalue weighted by atomic mass is 35.5. The van der Waals surface area contributed by atoms with Crippen molar-refractivity contribution in [1.29, 1.82) is 0 Å². The number of carbonyl (C=O) groups is 2. The van der Waals surface area contributed by atoms with Crippen LogP contribution in [0.4, 0.5) is 11.4 Å². The number of hydrogen-bond donors (Lipinski definition) is 0. The number of Topliss-reactive ketones (excluding diaryl/α,β-unsaturated/α-hetero) is 1. The number of azo groups is 1. The van der Waals surface area contributed by atoms with E-state index in [0.717, 1.165) is 4.42 Å². The highest BCUT2D eigenvalue weighted by Crippen LogP contribution is 2.39. The third-order valence-corrected chi connectivity index (χ3v) is 4.87. The molecule has 166 valence electrons. The van der Waals surface area contributed by atoms with Crippen molar-refractivity contribution < 1.29 is 28.5 Å². The summed E-state index contributed by atoms with van der Waals surface area (Å²) < 4.78 is 21.5. The van der Waals surface area contributed by atoms with Gasteiger partial charge in [0.2, 0.25) is 6.04 Å². The van der Waals surface area contributed by atoms with Crippen molar-refractivity contribution in [2.24, 2.45) is 10.2 Å². The minimum absolute atomic E-state index is 0.140. The Morgan fingerprint density at radius 3 is 2.10 bits per heavy atom. The van der Waals surface area contributed by atoms with Crippen molar-refractivity contribution in [3.8, 4) is 23.0 Å². The van der Waals surface area contributed by atoms with Crippen molar-refractivity contribution in [2.45, 2.75) is 13.0 Å². The lowest BCUT2D eigenvalue weighted by Gasteiger charge is -2.19. The van der Waals surface area contributed by atoms with Crippen LogP contribution in [0.15, 0.2) is 40.6 Å². The highest BCUT2D eigenvalue weighted by molar-refractivity contribution is 6.39. The Bertz CT molecular complexity index is 999. The van der Waals surface area contributed by atoms with E-state index in [2.05, 4.69) is 10.2 Å². The number of nitrogens with zero attached hydrogens (tertiary/aromatic N) is 3. The molecule has 0 spiro atoms. The van der Waals surface area contributed by atoms with Crippen LogP contribution in [0.25, 0.3) is 0 Å². The van der Waals surface area contributed by atoms with E-state index in [1.807, 2.05) is 0 Å². The Morgan fingerprint density at radius 2 is 1.55 bits per heavy atom. The zero-order chi connectivity index (χ0) is 23.1. The lowest BCUT2D eigenvalue weighted by Crippen LogP contribution is -2.36. The van der Waals surface area contributed by atoms with Crippen molar-refractivity contribution in [2.75, 3.05) is 32.9 Å². The van der Waals surface area contributed by atoms with Crippen LogP contribution in [0.5, 0.6) is 23.0 Å². The molecule has 0 radical (unpaired) electrons. The first-order valence-electron chi connectivity index (χ1n) is 8.81. The summed E-state index contributed by atoms with van der Waals surface area (Å²) in [6, 6.07) is 6.18. The van der Waals surface area contributed by atoms with Crippen molar-refractivity contribution >= 4 is 46.4 Å². The van der Waals surface area contributed by atoms with Gasteiger partial charge in [0, 0.05) is 30.0 Å². The molecule has 0 heterocycles. The van der Waals surface area contributed by atoms with Crippen LogP contribution < -0.4 is 23.4 Å². The van der Waals surface area contributed by atoms with Gasteiger partial charge < -0.3 is 18.9 Å². The van der Waals surface area contributed by atoms with Crippen LogP contribution in [-0.4, -0.2) is 46.2 Å². The van der Waals surface area contributed by atoms with Gasteiger partial charge in [0.15, 0.2) is 5.78 Å². The van der Waals surface area contributed by atoms with Gasteiger partial charge in [0.25, 0.3) is 5.91 Å². The number of ether oxygens (including phenoxy) is 4. The molecule has 0 aromatic heterocycles. The van der Waals surface area contributed by atoms with Crippen molar-refractivity contribution in [1.82, 2.24) is 0 Å². The average molecular weight is 470 g/mol. The summed E-state index contributed by atoms with van der Waals surface area (Å²) in [6.45, 7) is 1.20. The Balaban J connectivity index is 2.39. The molecule has 0 bridgehead atoms. The van der Waals surface area contributed by atoms with Gasteiger partial charge in [-0.25, -0.2) is 4.42 Å². The SMILES string of the molecule is COc1ccc(N(Cl)C(=O)C(N=Nc2cc(OC)cc(OC)c2Cl)C(C)=O)c(OC)c1. The normalized spacial score (nSPS) is 11.7. The molecule has 0 saturated carbocycles. The minimum Gasteiger partial charge on any atom is -0.497 e. The lowest BCUT2D eigenvalue weighted by atomic mass is 10.2. The second-order valence-electron chi connectivity index (χ2n) is 6.05. The summed E-state index contributed by atoms with van der Waals surface area (Å²) in [5.74, 6) is 0.0701. The van der Waals surface area contributed by atoms with Gasteiger partial charge in [-0.3, -0.25) is 9.59 Å². The third-order valence-electron chi connectivity index (χ3n) is 4.14. The zero-order valence-corrected chi connectivity index (χ0v) is 19.0. The maximum absolute atomic E-state index is 12.9. The highest BCUT2D eigenvalue weighted by Gasteiger charge is 2.30. The lowest BCUT2D eigenvalue weighted by molar-refractivity contribution is -0.126. The molecule has 9 nitrogen and oxygen atoms in total. The zero-order valence-electron chi connectivity index (χ0n) is 17.5. The van der Waals surface area contributed by atoms with Crippen LogP contribution in [-0.2, 0) is 9.59 Å². The number of benzene rings is 2. The average Bonchev–Trinajstić information content (AvgIpc) is 2.78. The molecular formula is C20H21Cl2N3O6. The molecule has 2 aromatic carbocycles. The molecule has 0 saturated heterocycles. The van der Waals surface area contributed by atoms with E-state index >= 15 is 0 Å². The van der Waals surface area contributed by atoms with Crippen molar-refractivity contribution in [3.63, 3.8) is 0 Å². The van der Waals surface area contributed by atoms with E-state index < -0.39 is 17.7 Å². The molecule has 2 rings (SSSR count). The summed E-state index contributed by atoms with van der Waals surface area (Å²) in [5.41, 5.74) is 0.359. The van der Waals surface area contributed by atoms with Gasteiger partial charge in [-0.2, -0.15) is 10.2 Å². The molecule has 0 aliphatic rings. The maximum Gasteiger partial charge on any atom is 0.276 e. The summed E-state index contributed by atoms with van der Waals surface area (Å²) in [4.78, 5) is 25.0. The Labute approximate surface area is 189 Å². The fourth-order valence-corrected chi connectivity index (χ4v) is 2.95. The first-order valence-corrected chi connectivity index (χ1v) is 9.53. The maximum atomic E-state index is 12.9. The molecule has 0 aliphatic carbocycles. The second kappa shape index (κ2) is 10.8. The fourth-order valence-electron chi connectivity index (χ4n) is 2.50. The number of methoxy groups -OCH3 is 4. The largest absolute Gasteiger partial charge is 0.497 e. The predicted octanol–water partition coefficient (Wildman–Crippen LogP) is 4.60. The fraction of sp³-hybridized carbons (Fsp3) is 0.300. The Morgan fingerprint density at radius 1 is 0.935 bits per heavy atom. The smallest absolute Gasteiger partial charge is 0.276 e. The second-order valence-corrected chi connectivity index (χ2v) is 6.76. The summed E-state index contributed by atoms with van der Waals surface area (Å²) in [5, 5.41) is 7.99. The van der Waals surface area contributed by atoms with E-state index in [1.165, 1.54) is 47.5 Å². The van der Waals surface area contributed by atoms with E-state index in [1.54, 1.807) is 18.2 Å². The van der Waals surface area contributed by atoms with Crippen LogP contribution in [0.2, 0.25) is 5.02 Å². The standard InChI is InChI=1S/C20H21Cl2N3O6/c1-11(26)19(24-23-14-8-13(29-3)10-17(31-5)18(14)21)20(27)25(22)15-7-6-12(28-2)9-16(15)30-4/h6-10,19H,1-5H3. The van der Waals surface area contributed by atoms with Gasteiger partial charge in [-0.05, 0) is 19.1 Å². The molecule has 1 unspecified atom stereocenters. The van der Waals surface area contributed by atoms with Crippen LogP contribution in [0.3, 0.4) is 0 Å². The first-order chi connectivity index (χ1) is 14.8. The predicted molar refractivity (Wildman–Crippen MR) is 116 cm³/mol. The number of rotatable bonds is 9. The molecule has 31 heavy (non-hydrogen) atoms. The number of halogens is 2. The van der Waals surface area contributed by atoms with E-state index in [-0.39, 0.29) is 22.1 Å².